The summed E-state index contributed by atoms with van der Waals surface area (Å²) in [5.41, 5.74) is 0. The summed E-state index contributed by atoms with van der Waals surface area (Å²) in [4.78, 5) is 22.5. The van der Waals surface area contributed by atoms with Gasteiger partial charge in [0.25, 0.3) is 20.4 Å². The summed E-state index contributed by atoms with van der Waals surface area (Å²) in [6, 6.07) is 0. The van der Waals surface area contributed by atoms with Crippen LogP contribution in [0, 0.1) is 0 Å². The van der Waals surface area contributed by atoms with Crippen molar-refractivity contribution in [3.8, 4) is 0 Å². The molecular weight excluding hydrogens is 211 g/mol. The third-order valence-electron chi connectivity index (χ3n) is 0.969. The van der Waals surface area contributed by atoms with Crippen LogP contribution in [0.15, 0.2) is 22.7 Å². The van der Waals surface area contributed by atoms with Crippen LogP contribution in [0.5, 0.6) is 0 Å². The molecule has 0 N–H and O–H groups in total. The third-order valence-corrected chi connectivity index (χ3v) is 2.16. The Morgan fingerprint density at radius 2 is 1.62 bits per heavy atom. The zero-order valence-electron chi connectivity index (χ0n) is 7.04. The standard InChI is InChI=1S/C5H5.3CO.CH3.Mn/c1-2-4-5-3-1;3*1-2;;/h1-3H,4H2;;;;1H3;. The van der Waals surface area contributed by atoms with E-state index in [0.717, 1.165) is 15.0 Å². The van der Waals surface area contributed by atoms with Gasteiger partial charge in [-0.25, -0.2) is 0 Å². The van der Waals surface area contributed by atoms with Crippen LogP contribution >= 0.6 is 0 Å². The molecule has 0 aromatic carbocycles. The minimum Gasteiger partial charge on any atom is -0.281 e. The average molecular weight is 219 g/mol. The minimum absolute atomic E-state index is 0.984. The predicted octanol–water partition coefficient (Wildman–Crippen LogP) is 0.769. The molecule has 6 radical (unpaired) electrons. The van der Waals surface area contributed by atoms with E-state index >= 15 is 0 Å². The molecule has 0 saturated carbocycles. The summed E-state index contributed by atoms with van der Waals surface area (Å²) in [6.45, 7) is 13.5. The molecule has 0 heterocycles. The number of carbonyl (C=O) groups excluding carboxylic acids is 3. The smallest absolute Gasteiger partial charge is 0.281 e. The molecule has 4 heteroatoms. The fraction of sp³-hybridized carbons (Fsp3) is 0.222. The first-order valence-electron chi connectivity index (χ1n) is 2.90. The number of allylic oxidation sites excluding steroid dienone is 4. The maximum absolute atomic E-state index is 7.50. The Balaban J connectivity index is -0.000000144. The zero-order chi connectivity index (χ0) is 11.1. The van der Waals surface area contributed by atoms with Crippen molar-refractivity contribution < 1.29 is 29.3 Å². The van der Waals surface area contributed by atoms with Gasteiger partial charge in [-0.1, -0.05) is 0 Å². The molecule has 69 valence electrons. The van der Waals surface area contributed by atoms with Crippen LogP contribution in [0.2, 0.25) is 5.82 Å². The molecule has 0 bridgehead atoms. The second-order valence-corrected chi connectivity index (χ2v) is 2.78. The van der Waals surface area contributed by atoms with E-state index in [-0.39, 0.29) is 0 Å². The van der Waals surface area contributed by atoms with E-state index < -0.39 is 0 Å². The maximum atomic E-state index is 7.50. The molecule has 0 unspecified atom stereocenters. The first kappa shape index (κ1) is 17.9. The fourth-order valence-corrected chi connectivity index (χ4v) is 1.25. The van der Waals surface area contributed by atoms with Gasteiger partial charge >= 0.3 is 49.9 Å². The fourth-order valence-electron chi connectivity index (χ4n) is 0.561. The van der Waals surface area contributed by atoms with Crippen LogP contribution in [0.4, 0.5) is 0 Å². The Labute approximate surface area is 85.1 Å². The Bertz CT molecular complexity index is 150. The van der Waals surface area contributed by atoms with Crippen LogP contribution in [0.3, 0.4) is 0 Å². The third kappa shape index (κ3) is 13.9. The van der Waals surface area contributed by atoms with E-state index in [4.69, 9.17) is 14.4 Å². The SMILES string of the molecule is [CH3][Mn][C]1=CC=CC1.[C]=O.[C]=O.[C]=O. The van der Waals surface area contributed by atoms with Crippen molar-refractivity contribution in [3.05, 3.63) is 22.7 Å². The van der Waals surface area contributed by atoms with Crippen molar-refractivity contribution in [2.45, 2.75) is 12.2 Å². The monoisotopic (exact) mass is 219 g/mol. The van der Waals surface area contributed by atoms with E-state index in [1.54, 1.807) is 4.47 Å². The molecule has 0 amide bonds. The van der Waals surface area contributed by atoms with Crippen LogP contribution < -0.4 is 0 Å². The largest absolute Gasteiger partial charge is 0.281 e. The van der Waals surface area contributed by atoms with Gasteiger partial charge in [-0.15, -0.1) is 0 Å². The molecule has 0 aromatic heterocycles. The average Bonchev–Trinajstić information content (AvgIpc) is 2.79. The maximum Gasteiger partial charge on any atom is 0.281 e. The first-order chi connectivity index (χ1) is 6.43. The zero-order valence-corrected chi connectivity index (χ0v) is 8.22. The van der Waals surface area contributed by atoms with Crippen molar-refractivity contribution in [1.82, 2.24) is 0 Å². The quantitative estimate of drug-likeness (QED) is 0.612. The second kappa shape index (κ2) is 22.5. The van der Waals surface area contributed by atoms with Gasteiger partial charge in [0.1, 0.15) is 0 Å². The Kier molecular flexibility index (Phi) is 31.0. The topological polar surface area (TPSA) is 51.2 Å². The molecule has 1 aliphatic carbocycles. The molecule has 1 rings (SSSR count). The number of hydrogen-bond donors (Lipinski definition) is 0. The molecule has 0 aliphatic heterocycles. The molecule has 1 aliphatic rings. The van der Waals surface area contributed by atoms with Gasteiger partial charge in [0.05, 0.1) is 0 Å². The van der Waals surface area contributed by atoms with E-state index in [1.807, 2.05) is 0 Å². The molecule has 0 aromatic rings. The number of rotatable bonds is 1. The normalized spacial score (nSPS) is 10.4. The summed E-state index contributed by atoms with van der Waals surface area (Å²) in [5, 5.41) is 0. The van der Waals surface area contributed by atoms with Crippen molar-refractivity contribution in [3.63, 3.8) is 0 Å². The van der Waals surface area contributed by atoms with Gasteiger partial charge in [0.15, 0.2) is 0 Å². The van der Waals surface area contributed by atoms with Crippen molar-refractivity contribution in [1.29, 1.82) is 0 Å². The molecular formula is C9H8MnO3. The molecule has 0 spiro atoms. The van der Waals surface area contributed by atoms with Gasteiger partial charge in [-0.2, -0.15) is 0 Å². The minimum atomic E-state index is 0.984. The molecule has 13 heavy (non-hydrogen) atoms. The summed E-state index contributed by atoms with van der Waals surface area (Å²) in [7, 11) is 0. The van der Waals surface area contributed by atoms with E-state index in [2.05, 4.69) is 44.4 Å². The first-order valence-corrected chi connectivity index (χ1v) is 4.67. The summed E-state index contributed by atoms with van der Waals surface area (Å²) in [6.07, 6.45) is 7.75. The van der Waals surface area contributed by atoms with Gasteiger partial charge in [-0.05, 0) is 0 Å². The molecule has 0 saturated heterocycles. The van der Waals surface area contributed by atoms with Crippen molar-refractivity contribution in [2.75, 3.05) is 0 Å². The van der Waals surface area contributed by atoms with E-state index in [9.17, 15) is 0 Å². The van der Waals surface area contributed by atoms with Gasteiger partial charge in [0, 0.05) is 0 Å². The van der Waals surface area contributed by atoms with E-state index in [0.29, 0.717) is 0 Å². The molecule has 0 fully saturated rings. The molecule has 0 atom stereocenters. The summed E-state index contributed by atoms with van der Waals surface area (Å²) < 4.78 is 1.59. The number of hydrogen-bond acceptors (Lipinski definition) is 3. The van der Waals surface area contributed by atoms with Crippen LogP contribution in [-0.2, 0) is 29.3 Å². The van der Waals surface area contributed by atoms with Gasteiger partial charge in [-0.3, -0.25) is 14.4 Å². The van der Waals surface area contributed by atoms with E-state index in [1.165, 1.54) is 6.42 Å². The Hall–Kier alpha value is -0.991. The second-order valence-electron chi connectivity index (χ2n) is 1.43. The predicted molar refractivity (Wildman–Crippen MR) is 44.8 cm³/mol. The van der Waals surface area contributed by atoms with Crippen LogP contribution in [0.1, 0.15) is 6.42 Å². The molecule has 3 nitrogen and oxygen atoms in total. The van der Waals surface area contributed by atoms with Gasteiger partial charge in [0.2, 0.25) is 0 Å². The van der Waals surface area contributed by atoms with Crippen LogP contribution in [0.25, 0.3) is 0 Å². The van der Waals surface area contributed by atoms with Gasteiger partial charge < -0.3 is 0 Å². The van der Waals surface area contributed by atoms with Crippen molar-refractivity contribution in [2.24, 2.45) is 0 Å². The Morgan fingerprint density at radius 3 is 1.77 bits per heavy atom. The van der Waals surface area contributed by atoms with Crippen LogP contribution in [-0.4, -0.2) is 20.4 Å². The summed E-state index contributed by atoms with van der Waals surface area (Å²) >= 11 is 0.984. The van der Waals surface area contributed by atoms with Crippen molar-refractivity contribution >= 4 is 20.4 Å². The summed E-state index contributed by atoms with van der Waals surface area (Å²) in [5.74, 6) is 2.22. The Morgan fingerprint density at radius 1 is 1.15 bits per heavy atom.